The van der Waals surface area contributed by atoms with Crippen molar-refractivity contribution < 1.29 is 9.59 Å². The van der Waals surface area contributed by atoms with Crippen LogP contribution in [0.15, 0.2) is 24.3 Å². The van der Waals surface area contributed by atoms with Crippen LogP contribution in [0, 0.1) is 11.3 Å². The van der Waals surface area contributed by atoms with E-state index in [-0.39, 0.29) is 17.2 Å². The molecule has 1 aliphatic rings. The van der Waals surface area contributed by atoms with Crippen molar-refractivity contribution in [2.24, 2.45) is 11.3 Å². The van der Waals surface area contributed by atoms with Crippen molar-refractivity contribution in [3.63, 3.8) is 0 Å². The lowest BCUT2D eigenvalue weighted by Gasteiger charge is -2.33. The first-order chi connectivity index (χ1) is 12.7. The largest absolute Gasteiger partial charge is 0.355 e. The van der Waals surface area contributed by atoms with Gasteiger partial charge in [0.15, 0.2) is 0 Å². The molecule has 3 rings (SSSR count). The number of thiophene rings is 1. The van der Waals surface area contributed by atoms with E-state index < -0.39 is 0 Å². The minimum atomic E-state index is -0.295. The molecule has 0 spiro atoms. The van der Waals surface area contributed by atoms with Crippen LogP contribution in [0.25, 0.3) is 0 Å². The summed E-state index contributed by atoms with van der Waals surface area (Å²) in [5, 5.41) is 6.65. The fourth-order valence-corrected chi connectivity index (χ4v) is 5.14. The van der Waals surface area contributed by atoms with Crippen LogP contribution in [0.4, 0.5) is 5.00 Å². The maximum atomic E-state index is 12.7. The van der Waals surface area contributed by atoms with E-state index in [4.69, 9.17) is 11.6 Å². The molecule has 0 aliphatic heterocycles. The molecule has 2 N–H and O–H groups in total. The Morgan fingerprint density at radius 2 is 1.89 bits per heavy atom. The number of hydrogen-bond donors (Lipinski definition) is 2. The Morgan fingerprint density at radius 3 is 2.52 bits per heavy atom. The summed E-state index contributed by atoms with van der Waals surface area (Å²) in [4.78, 5) is 26.5. The van der Waals surface area contributed by atoms with E-state index in [2.05, 4.69) is 31.4 Å². The van der Waals surface area contributed by atoms with Gasteiger partial charge in [-0.15, -0.1) is 11.3 Å². The van der Waals surface area contributed by atoms with Gasteiger partial charge in [-0.05, 0) is 48.3 Å². The molecule has 0 fully saturated rings. The van der Waals surface area contributed by atoms with Gasteiger partial charge in [0.25, 0.3) is 11.8 Å². The molecular formula is C21H25ClN2O2S. The maximum Gasteiger partial charge on any atom is 0.257 e. The first kappa shape index (κ1) is 19.9. The Hall–Kier alpha value is -1.85. The number of amides is 2. The van der Waals surface area contributed by atoms with E-state index >= 15 is 0 Å². The second-order valence-corrected chi connectivity index (χ2v) is 9.54. The van der Waals surface area contributed by atoms with E-state index in [1.807, 2.05) is 0 Å². The fraction of sp³-hybridized carbons (Fsp3) is 0.429. The SMILES string of the molecule is CNC(=O)c1c(NC(=O)c2ccccc2Cl)sc2c1CC[C@@H](C(C)(C)C)C2. The summed E-state index contributed by atoms with van der Waals surface area (Å²) in [5.41, 5.74) is 2.30. The standard InChI is InChI=1S/C21H25ClN2O2S/c1-21(2,3)12-9-10-14-16(11-12)27-20(17(14)19(26)23-4)24-18(25)13-7-5-6-8-15(13)22/h5-8,12H,9-11H2,1-4H3,(H,23,26)(H,24,25)/t12-/m1/s1. The van der Waals surface area contributed by atoms with Crippen molar-refractivity contribution >= 4 is 39.8 Å². The lowest BCUT2D eigenvalue weighted by Crippen LogP contribution is -2.27. The molecule has 1 atom stereocenters. The Balaban J connectivity index is 1.96. The Labute approximate surface area is 169 Å². The number of nitrogens with one attached hydrogen (secondary N) is 2. The number of rotatable bonds is 3. The van der Waals surface area contributed by atoms with Gasteiger partial charge in [0, 0.05) is 11.9 Å². The lowest BCUT2D eigenvalue weighted by atomic mass is 9.72. The molecule has 0 radical (unpaired) electrons. The number of halogens is 1. The summed E-state index contributed by atoms with van der Waals surface area (Å²) >= 11 is 7.67. The summed E-state index contributed by atoms with van der Waals surface area (Å²) < 4.78 is 0. The summed E-state index contributed by atoms with van der Waals surface area (Å²) in [7, 11) is 1.62. The molecule has 0 unspecified atom stereocenters. The monoisotopic (exact) mass is 404 g/mol. The van der Waals surface area contributed by atoms with Gasteiger partial charge in [0.05, 0.1) is 16.1 Å². The van der Waals surface area contributed by atoms with E-state index in [0.29, 0.717) is 27.1 Å². The molecule has 1 aromatic heterocycles. The molecule has 6 heteroatoms. The summed E-state index contributed by atoms with van der Waals surface area (Å²) in [6.07, 6.45) is 2.85. The number of hydrogen-bond acceptors (Lipinski definition) is 3. The van der Waals surface area contributed by atoms with Crippen LogP contribution in [0.1, 0.15) is 58.3 Å². The highest BCUT2D eigenvalue weighted by atomic mass is 35.5. The zero-order valence-corrected chi connectivity index (χ0v) is 17.7. The van der Waals surface area contributed by atoms with E-state index in [9.17, 15) is 9.59 Å². The third-order valence-electron chi connectivity index (χ3n) is 5.29. The van der Waals surface area contributed by atoms with Crippen LogP contribution in [-0.2, 0) is 12.8 Å². The third-order valence-corrected chi connectivity index (χ3v) is 6.79. The third kappa shape index (κ3) is 4.04. The van der Waals surface area contributed by atoms with Gasteiger partial charge in [0.1, 0.15) is 5.00 Å². The molecular weight excluding hydrogens is 380 g/mol. The molecule has 2 amide bonds. The van der Waals surface area contributed by atoms with Gasteiger partial charge >= 0.3 is 0 Å². The van der Waals surface area contributed by atoms with Crippen LogP contribution in [-0.4, -0.2) is 18.9 Å². The van der Waals surface area contributed by atoms with Crippen LogP contribution in [0.5, 0.6) is 0 Å². The first-order valence-corrected chi connectivity index (χ1v) is 10.3. The van der Waals surface area contributed by atoms with Crippen molar-refractivity contribution in [3.8, 4) is 0 Å². The highest BCUT2D eigenvalue weighted by molar-refractivity contribution is 7.17. The van der Waals surface area contributed by atoms with E-state index in [1.165, 1.54) is 16.2 Å². The lowest BCUT2D eigenvalue weighted by molar-refractivity contribution is 0.0963. The van der Waals surface area contributed by atoms with Crippen LogP contribution in [0.3, 0.4) is 0 Å². The fourth-order valence-electron chi connectivity index (χ4n) is 3.59. The van der Waals surface area contributed by atoms with Crippen molar-refractivity contribution in [2.75, 3.05) is 12.4 Å². The predicted molar refractivity (Wildman–Crippen MR) is 112 cm³/mol. The van der Waals surface area contributed by atoms with Crippen molar-refractivity contribution in [2.45, 2.75) is 40.0 Å². The number of carbonyl (C=O) groups excluding carboxylic acids is 2. The zero-order valence-electron chi connectivity index (χ0n) is 16.1. The van der Waals surface area contributed by atoms with Gasteiger partial charge in [-0.1, -0.05) is 44.5 Å². The molecule has 144 valence electrons. The highest BCUT2D eigenvalue weighted by Crippen LogP contribution is 2.44. The van der Waals surface area contributed by atoms with Crippen molar-refractivity contribution in [3.05, 3.63) is 50.9 Å². The number of carbonyl (C=O) groups is 2. The van der Waals surface area contributed by atoms with E-state index in [0.717, 1.165) is 24.8 Å². The molecule has 0 saturated carbocycles. The molecule has 4 nitrogen and oxygen atoms in total. The molecule has 1 aliphatic carbocycles. The summed E-state index contributed by atoms with van der Waals surface area (Å²) in [6.45, 7) is 6.78. The van der Waals surface area contributed by atoms with Gasteiger partial charge < -0.3 is 10.6 Å². The van der Waals surface area contributed by atoms with Crippen LogP contribution >= 0.6 is 22.9 Å². The minimum Gasteiger partial charge on any atom is -0.355 e. The normalized spacial score (nSPS) is 16.6. The Morgan fingerprint density at radius 1 is 1.19 bits per heavy atom. The Bertz CT molecular complexity index is 883. The second kappa shape index (κ2) is 7.64. The van der Waals surface area contributed by atoms with Gasteiger partial charge in [-0.3, -0.25) is 9.59 Å². The zero-order chi connectivity index (χ0) is 19.8. The highest BCUT2D eigenvalue weighted by Gasteiger charge is 2.34. The minimum absolute atomic E-state index is 0.156. The second-order valence-electron chi connectivity index (χ2n) is 8.03. The maximum absolute atomic E-state index is 12.7. The average molecular weight is 405 g/mol. The van der Waals surface area contributed by atoms with Gasteiger partial charge in [-0.2, -0.15) is 0 Å². The van der Waals surface area contributed by atoms with Crippen LogP contribution < -0.4 is 10.6 Å². The predicted octanol–water partition coefficient (Wildman–Crippen LogP) is 5.16. The summed E-state index contributed by atoms with van der Waals surface area (Å²) in [6, 6.07) is 6.92. The van der Waals surface area contributed by atoms with Crippen molar-refractivity contribution in [1.29, 1.82) is 0 Å². The molecule has 27 heavy (non-hydrogen) atoms. The van der Waals surface area contributed by atoms with Gasteiger partial charge in [0.2, 0.25) is 0 Å². The number of fused-ring (bicyclic) bond motifs is 1. The molecule has 0 bridgehead atoms. The van der Waals surface area contributed by atoms with Crippen LogP contribution in [0.2, 0.25) is 5.02 Å². The molecule has 2 aromatic rings. The number of benzene rings is 1. The van der Waals surface area contributed by atoms with E-state index in [1.54, 1.807) is 31.3 Å². The molecule has 1 heterocycles. The first-order valence-electron chi connectivity index (χ1n) is 9.15. The average Bonchev–Trinajstić information content (AvgIpc) is 2.97. The summed E-state index contributed by atoms with van der Waals surface area (Å²) in [5.74, 6) is 0.112. The quantitative estimate of drug-likeness (QED) is 0.741. The Kier molecular flexibility index (Phi) is 5.63. The topological polar surface area (TPSA) is 58.2 Å². The van der Waals surface area contributed by atoms with Gasteiger partial charge in [-0.25, -0.2) is 0 Å². The number of anilines is 1. The molecule has 1 aromatic carbocycles. The molecule has 0 saturated heterocycles. The van der Waals surface area contributed by atoms with Crippen molar-refractivity contribution in [1.82, 2.24) is 5.32 Å². The smallest absolute Gasteiger partial charge is 0.257 e.